The summed E-state index contributed by atoms with van der Waals surface area (Å²) in [6.45, 7) is 14.7. The number of aliphatic hydroxyl groups excluding tert-OH is 2. The van der Waals surface area contributed by atoms with Gasteiger partial charge in [0.25, 0.3) is 0 Å². The van der Waals surface area contributed by atoms with Crippen LogP contribution in [0.3, 0.4) is 0 Å². The van der Waals surface area contributed by atoms with E-state index in [9.17, 15) is 39.3 Å². The predicted molar refractivity (Wildman–Crippen MR) is 171 cm³/mol. The molecule has 0 bridgehead atoms. The Bertz CT molecular complexity index is 1450. The number of esters is 4. The maximum atomic E-state index is 14.2. The number of furan rings is 1. The number of carbonyl (C=O) groups is 5. The molecule has 13 heteroatoms. The number of aliphatic hydroxyl groups is 3. The molecule has 272 valence electrons. The van der Waals surface area contributed by atoms with E-state index in [2.05, 4.69) is 6.58 Å². The third-order valence-corrected chi connectivity index (χ3v) is 11.9. The summed E-state index contributed by atoms with van der Waals surface area (Å²) in [7, 11) is 0. The highest BCUT2D eigenvalue weighted by Crippen LogP contribution is 2.67. The molecule has 1 aromatic heterocycles. The number of ether oxygens (including phenoxy) is 4. The molecule has 11 atom stereocenters. The minimum atomic E-state index is -2.35. The summed E-state index contributed by atoms with van der Waals surface area (Å²) in [6.07, 6.45) is -1.87. The van der Waals surface area contributed by atoms with Crippen LogP contribution in [-0.4, -0.2) is 87.7 Å². The highest BCUT2D eigenvalue weighted by molar-refractivity contribution is 5.96. The zero-order valence-electron chi connectivity index (χ0n) is 29.4. The van der Waals surface area contributed by atoms with Crippen LogP contribution in [0.25, 0.3) is 0 Å². The lowest BCUT2D eigenvalue weighted by Crippen LogP contribution is -2.66. The average molecular weight is 691 g/mol. The first kappa shape index (κ1) is 38.3. The Labute approximate surface area is 286 Å². The molecule has 2 aliphatic carbocycles. The lowest BCUT2D eigenvalue weighted by molar-refractivity contribution is -0.206. The van der Waals surface area contributed by atoms with Gasteiger partial charge in [0.05, 0.1) is 44.0 Å². The summed E-state index contributed by atoms with van der Waals surface area (Å²) in [5.74, 6) is -6.98. The molecule has 0 aromatic carbocycles. The normalized spacial score (nSPS) is 34.3. The first-order chi connectivity index (χ1) is 22.9. The molecule has 49 heavy (non-hydrogen) atoms. The van der Waals surface area contributed by atoms with Crippen molar-refractivity contribution in [1.82, 2.24) is 0 Å². The number of rotatable bonds is 13. The Morgan fingerprint density at radius 2 is 1.86 bits per heavy atom. The van der Waals surface area contributed by atoms with Gasteiger partial charge >= 0.3 is 23.9 Å². The van der Waals surface area contributed by atoms with Crippen molar-refractivity contribution >= 4 is 29.7 Å². The predicted octanol–water partition coefficient (Wildman–Crippen LogP) is 3.17. The van der Waals surface area contributed by atoms with Crippen molar-refractivity contribution in [1.29, 1.82) is 0 Å². The van der Waals surface area contributed by atoms with Gasteiger partial charge < -0.3 is 38.7 Å². The third kappa shape index (κ3) is 6.22. The fourth-order valence-electron chi connectivity index (χ4n) is 8.76. The molecule has 4 rings (SSSR count). The molecular weight excluding hydrogens is 640 g/mol. The van der Waals surface area contributed by atoms with Crippen LogP contribution in [0.1, 0.15) is 92.1 Å². The summed E-state index contributed by atoms with van der Waals surface area (Å²) < 4.78 is 28.2. The number of Topliss-reactive ketones (excluding diaryl/α,β-unsaturated/α-hetero) is 1. The van der Waals surface area contributed by atoms with Crippen LogP contribution in [0.2, 0.25) is 0 Å². The van der Waals surface area contributed by atoms with Gasteiger partial charge in [0.15, 0.2) is 17.5 Å². The molecule has 0 amide bonds. The van der Waals surface area contributed by atoms with Crippen LogP contribution in [0, 0.1) is 28.6 Å². The van der Waals surface area contributed by atoms with E-state index in [1.165, 1.54) is 19.5 Å². The lowest BCUT2D eigenvalue weighted by Gasteiger charge is -2.59. The van der Waals surface area contributed by atoms with Crippen molar-refractivity contribution in [3.8, 4) is 0 Å². The van der Waals surface area contributed by atoms with E-state index in [0.717, 1.165) is 6.92 Å². The highest BCUT2D eigenvalue weighted by Gasteiger charge is 2.74. The van der Waals surface area contributed by atoms with Gasteiger partial charge in [-0.1, -0.05) is 40.7 Å². The van der Waals surface area contributed by atoms with Crippen molar-refractivity contribution < 1.29 is 62.7 Å². The monoisotopic (exact) mass is 690 g/mol. The molecule has 0 unspecified atom stereocenters. The van der Waals surface area contributed by atoms with E-state index in [1.54, 1.807) is 40.7 Å². The smallest absolute Gasteiger partial charge is 0.335 e. The van der Waals surface area contributed by atoms with Gasteiger partial charge in [0, 0.05) is 30.6 Å². The number of ketones is 1. The van der Waals surface area contributed by atoms with Gasteiger partial charge in [-0.05, 0) is 49.3 Å². The van der Waals surface area contributed by atoms with Crippen molar-refractivity contribution in [2.24, 2.45) is 28.6 Å². The van der Waals surface area contributed by atoms with E-state index in [4.69, 9.17) is 23.4 Å². The molecule has 1 aromatic rings. The fraction of sp³-hybridized carbons (Fsp3) is 0.694. The molecule has 13 nitrogen and oxygen atoms in total. The Morgan fingerprint density at radius 3 is 2.41 bits per heavy atom. The number of cyclic esters (lactones) is 1. The zero-order valence-corrected chi connectivity index (χ0v) is 29.4. The molecule has 2 heterocycles. The molecule has 1 aliphatic heterocycles. The molecule has 3 aliphatic rings. The fourth-order valence-corrected chi connectivity index (χ4v) is 8.76. The van der Waals surface area contributed by atoms with E-state index in [1.807, 2.05) is 0 Å². The summed E-state index contributed by atoms with van der Waals surface area (Å²) in [5.41, 5.74) is -6.44. The van der Waals surface area contributed by atoms with Crippen molar-refractivity contribution in [3.63, 3.8) is 0 Å². The van der Waals surface area contributed by atoms with Gasteiger partial charge in [0.1, 0.15) is 17.8 Å². The summed E-state index contributed by atoms with van der Waals surface area (Å²) in [5, 5.41) is 34.3. The quantitative estimate of drug-likeness (QED) is 0.155. The second kappa shape index (κ2) is 14.0. The van der Waals surface area contributed by atoms with E-state index >= 15 is 0 Å². The molecule has 1 saturated heterocycles. The van der Waals surface area contributed by atoms with Crippen molar-refractivity contribution in [3.05, 3.63) is 36.3 Å². The standard InChI is InChI=1S/C36H50O13/c1-9-19(3)31(42)32(43)48-28-14-23(20(4)36(44)26(39)13-24(35(28,36)8)22-11-12-45-17-22)34(7,25-15-30(41)49-33(25,6)18-37)27(47-21(5)38)16-29(40)46-10-2/h11-12,17,19,23-25,27-28,31,37,42,44H,4,9-10,13-16,18H2,1-3,5-8H3/t19-,23+,24+,25+,27+,28+,31-,33-,34-,35-,36-/m1/s1. The topological polar surface area (TPSA) is 196 Å². The molecule has 0 spiro atoms. The number of hydrogen-bond donors (Lipinski definition) is 3. The van der Waals surface area contributed by atoms with Crippen LogP contribution < -0.4 is 0 Å². The maximum absolute atomic E-state index is 14.2. The average Bonchev–Trinajstić information content (AvgIpc) is 3.74. The van der Waals surface area contributed by atoms with E-state index in [0.29, 0.717) is 12.0 Å². The largest absolute Gasteiger partial charge is 0.472 e. The van der Waals surface area contributed by atoms with Crippen LogP contribution in [-0.2, 0) is 42.9 Å². The third-order valence-electron chi connectivity index (χ3n) is 11.9. The first-order valence-electron chi connectivity index (χ1n) is 16.9. The Morgan fingerprint density at radius 1 is 1.18 bits per heavy atom. The molecule has 2 saturated carbocycles. The SMILES string of the molecule is C=C1[C@@H]([C@@](C)([C@H](CC(=O)OCC)OC(C)=O)[C@H]2CC(=O)O[C@]2(C)CO)C[C@H](OC(=O)[C@H](O)[C@H](C)CC)[C@@]2(C)[C@H](c3ccoc3)CC(=O)[C@]12O. The number of carbonyl (C=O) groups excluding carboxylic acids is 5. The van der Waals surface area contributed by atoms with E-state index in [-0.39, 0.29) is 31.4 Å². The molecule has 3 fully saturated rings. The Hall–Kier alpha value is -3.55. The van der Waals surface area contributed by atoms with Crippen LogP contribution in [0.15, 0.2) is 35.2 Å². The second-order valence-electron chi connectivity index (χ2n) is 14.5. The maximum Gasteiger partial charge on any atom is 0.335 e. The lowest BCUT2D eigenvalue weighted by atomic mass is 9.47. The zero-order chi connectivity index (χ0) is 36.7. The van der Waals surface area contributed by atoms with Gasteiger partial charge in [-0.3, -0.25) is 19.2 Å². The Balaban J connectivity index is 1.98. The minimum absolute atomic E-state index is 0.00363. The van der Waals surface area contributed by atoms with E-state index < -0.39 is 107 Å². The molecular formula is C36H50O13. The Kier molecular flexibility index (Phi) is 10.9. The van der Waals surface area contributed by atoms with Crippen molar-refractivity contribution in [2.75, 3.05) is 13.2 Å². The van der Waals surface area contributed by atoms with Crippen LogP contribution in [0.5, 0.6) is 0 Å². The molecule has 0 radical (unpaired) electrons. The summed E-state index contributed by atoms with van der Waals surface area (Å²) >= 11 is 0. The number of fused-ring (bicyclic) bond motifs is 1. The summed E-state index contributed by atoms with van der Waals surface area (Å²) in [4.78, 5) is 66.5. The van der Waals surface area contributed by atoms with Crippen LogP contribution >= 0.6 is 0 Å². The van der Waals surface area contributed by atoms with Gasteiger partial charge in [0.2, 0.25) is 0 Å². The number of hydrogen-bond acceptors (Lipinski definition) is 13. The van der Waals surface area contributed by atoms with Gasteiger partial charge in [-0.15, -0.1) is 0 Å². The van der Waals surface area contributed by atoms with Crippen LogP contribution in [0.4, 0.5) is 0 Å². The van der Waals surface area contributed by atoms with Crippen molar-refractivity contribution in [2.45, 2.75) is 116 Å². The first-order valence-corrected chi connectivity index (χ1v) is 16.9. The molecule has 3 N–H and O–H groups in total. The van der Waals surface area contributed by atoms with Gasteiger partial charge in [-0.25, -0.2) is 4.79 Å². The summed E-state index contributed by atoms with van der Waals surface area (Å²) in [6, 6.07) is 1.66. The minimum Gasteiger partial charge on any atom is -0.472 e. The van der Waals surface area contributed by atoms with Gasteiger partial charge in [-0.2, -0.15) is 0 Å². The highest BCUT2D eigenvalue weighted by atomic mass is 16.6. The second-order valence-corrected chi connectivity index (χ2v) is 14.5.